The van der Waals surface area contributed by atoms with Crippen molar-refractivity contribution in [2.45, 2.75) is 23.5 Å². The summed E-state index contributed by atoms with van der Waals surface area (Å²) in [4.78, 5) is 28.3. The third kappa shape index (κ3) is 7.29. The van der Waals surface area contributed by atoms with Crippen LogP contribution in [0.25, 0.3) is 0 Å². The van der Waals surface area contributed by atoms with Crippen LogP contribution in [0, 0.1) is 5.82 Å². The molecule has 0 saturated carbocycles. The first kappa shape index (κ1) is 28.1. The molecule has 0 unspecified atom stereocenters. The van der Waals surface area contributed by atoms with Crippen molar-refractivity contribution in [1.29, 1.82) is 0 Å². The molecule has 3 rings (SSSR count). The van der Waals surface area contributed by atoms with E-state index in [1.54, 1.807) is 0 Å². The molecule has 1 aliphatic rings. The molecule has 0 bridgehead atoms. The number of anilines is 1. The van der Waals surface area contributed by atoms with Gasteiger partial charge in [-0.3, -0.25) is 18.7 Å². The Hall–Kier alpha value is -2.45. The largest absolute Gasteiger partial charge is 0.380 e. The molecule has 0 aliphatic carbocycles. The van der Waals surface area contributed by atoms with E-state index in [0.717, 1.165) is 17.8 Å². The van der Waals surface area contributed by atoms with E-state index in [2.05, 4.69) is 14.9 Å². The molecule has 10 nitrogen and oxygen atoms in total. The van der Waals surface area contributed by atoms with Gasteiger partial charge in [-0.05, 0) is 36.8 Å². The molecule has 1 aliphatic heterocycles. The molecule has 0 radical (unpaired) electrons. The molecular formula is C23H30ClFN4O6S. The Morgan fingerprint density at radius 2 is 1.67 bits per heavy atom. The minimum atomic E-state index is -3.43. The van der Waals surface area contributed by atoms with Crippen LogP contribution < -0.4 is 14.9 Å². The van der Waals surface area contributed by atoms with Crippen LogP contribution in [0.4, 0.5) is 10.1 Å². The van der Waals surface area contributed by atoms with E-state index < -0.39 is 40.6 Å². The van der Waals surface area contributed by atoms with Crippen LogP contribution in [0.15, 0.2) is 53.4 Å². The summed E-state index contributed by atoms with van der Waals surface area (Å²) in [6.45, 7) is 1.88. The lowest BCUT2D eigenvalue weighted by atomic mass is 10.1. The number of hydrogen-bond donors (Lipinski definition) is 6. The molecule has 13 heteroatoms. The number of hydrogen-bond acceptors (Lipinski definition) is 8. The quantitative estimate of drug-likeness (QED) is 0.248. The number of para-hydroxylation sites is 1. The van der Waals surface area contributed by atoms with E-state index in [9.17, 15) is 33.3 Å². The van der Waals surface area contributed by atoms with E-state index in [1.165, 1.54) is 11.0 Å². The number of amides is 2. The number of piperazine rings is 1. The van der Waals surface area contributed by atoms with Crippen molar-refractivity contribution in [3.05, 3.63) is 59.4 Å². The van der Waals surface area contributed by atoms with Crippen molar-refractivity contribution in [2.75, 3.05) is 44.2 Å². The molecule has 36 heavy (non-hydrogen) atoms. The monoisotopic (exact) mass is 544 g/mol. The Balaban J connectivity index is 1.38. The Morgan fingerprint density at radius 3 is 2.31 bits per heavy atom. The second-order valence-corrected chi connectivity index (χ2v) is 10.5. The van der Waals surface area contributed by atoms with Gasteiger partial charge in [0.2, 0.25) is 0 Å². The van der Waals surface area contributed by atoms with Crippen LogP contribution in [0.3, 0.4) is 0 Å². The molecular weight excluding hydrogens is 515 g/mol. The summed E-state index contributed by atoms with van der Waals surface area (Å²) >= 11 is 5.66. The number of nitrogens with one attached hydrogen (secondary N) is 2. The lowest BCUT2D eigenvalue weighted by molar-refractivity contribution is -0.153. The highest BCUT2D eigenvalue weighted by Crippen LogP contribution is 2.44. The number of rotatable bonds is 10. The van der Waals surface area contributed by atoms with Gasteiger partial charge in [0, 0.05) is 45.0 Å². The third-order valence-corrected chi connectivity index (χ3v) is 7.52. The van der Waals surface area contributed by atoms with Crippen LogP contribution >= 0.6 is 22.4 Å². The summed E-state index contributed by atoms with van der Waals surface area (Å²) in [5.74, 6) is -2.33. The number of benzene rings is 2. The number of nitrogens with zero attached hydrogens (tertiary/aromatic N) is 2. The fourth-order valence-electron chi connectivity index (χ4n) is 3.65. The number of aliphatic hydroxyl groups is 2. The van der Waals surface area contributed by atoms with Crippen molar-refractivity contribution in [3.63, 3.8) is 0 Å². The molecule has 6 N–H and O–H groups in total. The summed E-state index contributed by atoms with van der Waals surface area (Å²) < 4.78 is 36.1. The van der Waals surface area contributed by atoms with Crippen molar-refractivity contribution in [3.8, 4) is 0 Å². The SMILES string of the molecule is O=C(NCCCNS(O)(O)c1ccc(F)c(Cl)c1)[C@H](O)[C@@H](O)C(=O)N1CCN(c2ccccc2)CC1. The number of aliphatic hydroxyl groups excluding tert-OH is 2. The minimum Gasteiger partial charge on any atom is -0.380 e. The van der Waals surface area contributed by atoms with E-state index in [-0.39, 0.29) is 29.4 Å². The first-order valence-corrected chi connectivity index (χ1v) is 13.2. The first-order valence-electron chi connectivity index (χ1n) is 11.3. The fourth-order valence-corrected chi connectivity index (χ4v) is 5.03. The Morgan fingerprint density at radius 1 is 1.00 bits per heavy atom. The van der Waals surface area contributed by atoms with Gasteiger partial charge in [-0.1, -0.05) is 29.8 Å². The summed E-state index contributed by atoms with van der Waals surface area (Å²) in [5.41, 5.74) is 1.03. The predicted molar refractivity (Wildman–Crippen MR) is 135 cm³/mol. The molecule has 0 spiro atoms. The van der Waals surface area contributed by atoms with E-state index >= 15 is 0 Å². The van der Waals surface area contributed by atoms with E-state index in [0.29, 0.717) is 26.2 Å². The van der Waals surface area contributed by atoms with Crippen LogP contribution in [0.2, 0.25) is 5.02 Å². The molecule has 2 atom stereocenters. The summed E-state index contributed by atoms with van der Waals surface area (Å²) in [5, 5.41) is 22.5. The van der Waals surface area contributed by atoms with E-state index in [4.69, 9.17) is 11.6 Å². The molecule has 1 saturated heterocycles. The number of carbonyl (C=O) groups is 2. The highest BCUT2D eigenvalue weighted by Gasteiger charge is 2.34. The van der Waals surface area contributed by atoms with E-state index in [1.807, 2.05) is 30.3 Å². The summed E-state index contributed by atoms with van der Waals surface area (Å²) in [7, 11) is -3.43. The molecule has 2 amide bonds. The lowest BCUT2D eigenvalue weighted by Crippen LogP contribution is -2.55. The highest BCUT2D eigenvalue weighted by atomic mass is 35.5. The van der Waals surface area contributed by atoms with Crippen molar-refractivity contribution < 1.29 is 33.3 Å². The van der Waals surface area contributed by atoms with Gasteiger partial charge in [0.25, 0.3) is 11.8 Å². The zero-order valence-electron chi connectivity index (χ0n) is 19.4. The summed E-state index contributed by atoms with van der Waals surface area (Å²) in [6, 6.07) is 13.0. The average Bonchev–Trinajstić information content (AvgIpc) is 2.89. The topological polar surface area (TPSA) is 146 Å². The number of carbonyl (C=O) groups excluding carboxylic acids is 2. The summed E-state index contributed by atoms with van der Waals surface area (Å²) in [6.07, 6.45) is -3.62. The lowest BCUT2D eigenvalue weighted by Gasteiger charge is -2.37. The second kappa shape index (κ2) is 12.7. The van der Waals surface area contributed by atoms with Crippen LogP contribution in [0.1, 0.15) is 6.42 Å². The van der Waals surface area contributed by atoms with Gasteiger partial charge in [0.1, 0.15) is 5.82 Å². The highest BCUT2D eigenvalue weighted by molar-refractivity contribution is 8.22. The normalized spacial score (nSPS) is 16.4. The minimum absolute atomic E-state index is 0.0135. The molecule has 2 aromatic rings. The zero-order chi connectivity index (χ0) is 26.3. The van der Waals surface area contributed by atoms with Crippen LogP contribution in [0.5, 0.6) is 0 Å². The molecule has 1 heterocycles. The van der Waals surface area contributed by atoms with Gasteiger partial charge in [0.15, 0.2) is 12.2 Å². The second-order valence-electron chi connectivity index (χ2n) is 8.20. The Bertz CT molecular complexity index is 1040. The number of halogens is 2. The molecule has 2 aromatic carbocycles. The van der Waals surface area contributed by atoms with Crippen LogP contribution in [-0.4, -0.2) is 87.5 Å². The fraction of sp³-hybridized carbons (Fsp3) is 0.391. The van der Waals surface area contributed by atoms with Crippen molar-refractivity contribution in [1.82, 2.24) is 14.9 Å². The maximum atomic E-state index is 13.3. The van der Waals surface area contributed by atoms with Crippen molar-refractivity contribution >= 4 is 39.9 Å². The maximum Gasteiger partial charge on any atom is 0.254 e. The van der Waals surface area contributed by atoms with Gasteiger partial charge in [0.05, 0.1) is 9.92 Å². The zero-order valence-corrected chi connectivity index (χ0v) is 21.0. The van der Waals surface area contributed by atoms with Gasteiger partial charge in [-0.25, -0.2) is 9.11 Å². The Labute approximate surface area is 215 Å². The van der Waals surface area contributed by atoms with Gasteiger partial charge in [-0.15, -0.1) is 10.8 Å². The first-order chi connectivity index (χ1) is 17.1. The third-order valence-electron chi connectivity index (χ3n) is 5.71. The smallest absolute Gasteiger partial charge is 0.254 e. The Kier molecular flexibility index (Phi) is 9.91. The predicted octanol–water partition coefficient (Wildman–Crippen LogP) is 1.67. The molecule has 1 fully saturated rings. The van der Waals surface area contributed by atoms with Gasteiger partial charge < -0.3 is 25.3 Å². The van der Waals surface area contributed by atoms with Crippen molar-refractivity contribution in [2.24, 2.45) is 0 Å². The van der Waals surface area contributed by atoms with Gasteiger partial charge >= 0.3 is 0 Å². The standard InChI is InChI=1S/C23H30ClFN4O6S/c24-18-15-17(7-8-19(18)25)36(34,35)27-10-4-9-26-22(32)20(30)21(31)23(33)29-13-11-28(12-14-29)16-5-2-1-3-6-16/h1-3,5-8,15,20-21,27,30-31,34-35H,4,9-14H2,(H,26,32)/t20-,21-/m1/s1. The van der Waals surface area contributed by atoms with Crippen LogP contribution in [-0.2, 0) is 9.59 Å². The molecule has 198 valence electrons. The maximum absolute atomic E-state index is 13.3. The van der Waals surface area contributed by atoms with Gasteiger partial charge in [-0.2, -0.15) is 0 Å². The molecule has 0 aromatic heterocycles. The average molecular weight is 545 g/mol.